The number of fused-ring (bicyclic) bond motifs is 2. The van der Waals surface area contributed by atoms with Crippen LogP contribution < -0.4 is 0 Å². The highest BCUT2D eigenvalue weighted by molar-refractivity contribution is 5.90. The molecule has 10 heteroatoms. The summed E-state index contributed by atoms with van der Waals surface area (Å²) in [6.07, 6.45) is 17.1. The Kier molecular flexibility index (Phi) is 12.3. The zero-order valence-corrected chi connectivity index (χ0v) is 36.2. The summed E-state index contributed by atoms with van der Waals surface area (Å²) in [5.41, 5.74) is -1.68. The molecule has 0 aromatic heterocycles. The van der Waals surface area contributed by atoms with Crippen LogP contribution in [0.1, 0.15) is 111 Å². The van der Waals surface area contributed by atoms with E-state index in [2.05, 4.69) is 55.5 Å². The molecule has 8 aliphatic rings. The zero-order valence-electron chi connectivity index (χ0n) is 36.2. The molecular formula is C47H76N4O6. The number of piperazine rings is 1. The lowest BCUT2D eigenvalue weighted by atomic mass is 9.41. The van der Waals surface area contributed by atoms with E-state index in [1.807, 2.05) is 4.90 Å². The number of ether oxygens (including phenoxy) is 2. The first-order valence-corrected chi connectivity index (χ1v) is 23.6. The van der Waals surface area contributed by atoms with E-state index < -0.39 is 22.2 Å². The Morgan fingerprint density at radius 1 is 1.02 bits per heavy atom. The summed E-state index contributed by atoms with van der Waals surface area (Å²) >= 11 is 0. The van der Waals surface area contributed by atoms with E-state index in [9.17, 15) is 19.5 Å². The van der Waals surface area contributed by atoms with Gasteiger partial charge in [-0.05, 0) is 119 Å². The molecule has 0 aromatic carbocycles. The number of amides is 1. The minimum Gasteiger partial charge on any atom is -0.481 e. The van der Waals surface area contributed by atoms with Gasteiger partial charge in [-0.1, -0.05) is 71.4 Å². The number of nitrogens with zero attached hydrogens (tertiary/aromatic N) is 4. The van der Waals surface area contributed by atoms with Crippen LogP contribution in [0.15, 0.2) is 11.6 Å². The minimum atomic E-state index is -1.21. The number of carboxylic acid groups (broad SMARTS) is 1. The van der Waals surface area contributed by atoms with Crippen molar-refractivity contribution in [2.24, 2.45) is 63.6 Å². The molecule has 10 nitrogen and oxygen atoms in total. The summed E-state index contributed by atoms with van der Waals surface area (Å²) in [6.45, 7) is 18.8. The lowest BCUT2D eigenvalue weighted by molar-refractivity contribution is -0.197. The maximum atomic E-state index is 14.3. The maximum Gasteiger partial charge on any atom is 0.409 e. The molecule has 10 atom stereocenters. The fourth-order valence-electron chi connectivity index (χ4n) is 14.9. The van der Waals surface area contributed by atoms with Crippen molar-refractivity contribution in [3.63, 3.8) is 0 Å². The molecule has 8 rings (SSSR count). The van der Waals surface area contributed by atoms with Crippen molar-refractivity contribution < 1.29 is 29.0 Å². The van der Waals surface area contributed by atoms with Crippen molar-refractivity contribution in [2.45, 2.75) is 123 Å². The van der Waals surface area contributed by atoms with Crippen LogP contribution in [0.25, 0.3) is 0 Å². The van der Waals surface area contributed by atoms with Gasteiger partial charge in [-0.25, -0.2) is 4.79 Å². The number of likely N-dealkylation sites (N-methyl/N-ethyl adjacent to an activating group) is 2. The Morgan fingerprint density at radius 2 is 1.75 bits per heavy atom. The second-order valence-electron chi connectivity index (χ2n) is 20.8. The smallest absolute Gasteiger partial charge is 0.409 e. The Morgan fingerprint density at radius 3 is 2.42 bits per heavy atom. The minimum absolute atomic E-state index is 0.0109. The van der Waals surface area contributed by atoms with Gasteiger partial charge in [-0.2, -0.15) is 0 Å². The number of hydrogen-bond acceptors (Lipinski definition) is 8. The first-order chi connectivity index (χ1) is 27.5. The number of allylic oxidation sites excluding steroid dienone is 1. The molecule has 1 N–H and O–H groups in total. The van der Waals surface area contributed by atoms with E-state index in [1.54, 1.807) is 0 Å². The third-order valence-electron chi connectivity index (χ3n) is 17.9. The van der Waals surface area contributed by atoms with Crippen LogP contribution >= 0.6 is 0 Å². The number of carbonyl (C=O) groups excluding carboxylic acids is 2. The number of carbonyl (C=O) groups is 3. The summed E-state index contributed by atoms with van der Waals surface area (Å²) in [6, 6.07) is 0. The molecule has 3 aliphatic heterocycles. The molecule has 320 valence electrons. The zero-order chi connectivity index (χ0) is 40.1. The highest BCUT2D eigenvalue weighted by atomic mass is 16.6. The number of hydrogen-bond donors (Lipinski definition) is 1. The largest absolute Gasteiger partial charge is 0.481 e. The van der Waals surface area contributed by atoms with E-state index in [0.29, 0.717) is 49.2 Å². The van der Waals surface area contributed by atoms with Crippen LogP contribution in [0, 0.1) is 63.6 Å². The van der Waals surface area contributed by atoms with Crippen LogP contribution in [0.5, 0.6) is 0 Å². The van der Waals surface area contributed by atoms with Gasteiger partial charge in [0.05, 0.1) is 17.6 Å². The standard InChI is InChI=1S/C47H76N4O6/c1-6-49(23-24-56-44(55)51-17-14-34(15-18-51)13-16-50-21-19-48(5)20-22-50)30-41-36(25-35-9-7-8-10-35)26-42(57-41)46-29-38-33(4)11-12-39(38)45(31-52)28-37(46)27-40(32(2)3)47(45,46)43(53)54/h27,31-39,41-42H,6-26,28-30H2,1-5H3,(H,53,54)/t33-,36+,37?,38-,39-,41+,42-,45?,46?,47+/m1/s1. The first-order valence-electron chi connectivity index (χ1n) is 23.6. The van der Waals surface area contributed by atoms with Gasteiger partial charge in [0.2, 0.25) is 0 Å². The van der Waals surface area contributed by atoms with Crippen molar-refractivity contribution in [3.8, 4) is 0 Å². The fraction of sp³-hybridized carbons (Fsp3) is 0.894. The second-order valence-corrected chi connectivity index (χ2v) is 20.8. The van der Waals surface area contributed by atoms with Crippen LogP contribution in [-0.4, -0.2) is 134 Å². The normalized spacial score (nSPS) is 40.0. The van der Waals surface area contributed by atoms with Crippen LogP contribution in [0.2, 0.25) is 0 Å². The highest BCUT2D eigenvalue weighted by Crippen LogP contribution is 2.84. The van der Waals surface area contributed by atoms with Gasteiger partial charge in [0.1, 0.15) is 18.3 Å². The predicted molar refractivity (Wildman–Crippen MR) is 222 cm³/mol. The van der Waals surface area contributed by atoms with Gasteiger partial charge >= 0.3 is 12.1 Å². The van der Waals surface area contributed by atoms with Crippen molar-refractivity contribution in [3.05, 3.63) is 11.6 Å². The molecule has 3 unspecified atom stereocenters. The highest BCUT2D eigenvalue weighted by Gasteiger charge is 2.86. The third kappa shape index (κ3) is 7.04. The summed E-state index contributed by atoms with van der Waals surface area (Å²) in [5, 5.41) is 11.7. The van der Waals surface area contributed by atoms with Gasteiger partial charge in [0, 0.05) is 57.8 Å². The molecule has 0 spiro atoms. The van der Waals surface area contributed by atoms with Gasteiger partial charge < -0.3 is 34.1 Å². The number of carboxylic acids is 1. The molecule has 5 aliphatic carbocycles. The molecular weight excluding hydrogens is 717 g/mol. The van der Waals surface area contributed by atoms with E-state index in [-0.39, 0.29) is 36.1 Å². The number of rotatable bonds is 15. The summed E-state index contributed by atoms with van der Waals surface area (Å²) in [4.78, 5) is 50.5. The molecule has 1 amide bonds. The topological polar surface area (TPSA) is 103 Å². The van der Waals surface area contributed by atoms with Gasteiger partial charge in [-0.15, -0.1) is 0 Å². The molecule has 0 radical (unpaired) electrons. The van der Waals surface area contributed by atoms with Crippen molar-refractivity contribution >= 4 is 18.3 Å². The Hall–Kier alpha value is -2.01. The molecule has 7 fully saturated rings. The number of likely N-dealkylation sites (tertiary alicyclic amines) is 1. The first kappa shape index (κ1) is 41.7. The lowest BCUT2D eigenvalue weighted by Crippen LogP contribution is -2.65. The molecule has 0 aromatic rings. The van der Waals surface area contributed by atoms with Crippen LogP contribution in [0.4, 0.5) is 4.79 Å². The third-order valence-corrected chi connectivity index (χ3v) is 17.9. The van der Waals surface area contributed by atoms with Gasteiger partial charge in [-0.3, -0.25) is 9.69 Å². The van der Waals surface area contributed by atoms with Gasteiger partial charge in [0.25, 0.3) is 0 Å². The molecule has 3 heterocycles. The van der Waals surface area contributed by atoms with E-state index >= 15 is 0 Å². The summed E-state index contributed by atoms with van der Waals surface area (Å²) < 4.78 is 13.4. The summed E-state index contributed by atoms with van der Waals surface area (Å²) in [7, 11) is 2.20. The average molecular weight is 793 g/mol. The summed E-state index contributed by atoms with van der Waals surface area (Å²) in [5.74, 6) is 2.03. The Balaban J connectivity index is 0.934. The fourth-order valence-corrected chi connectivity index (χ4v) is 14.9. The van der Waals surface area contributed by atoms with E-state index in [1.165, 1.54) is 38.6 Å². The number of piperidine rings is 1. The quantitative estimate of drug-likeness (QED) is 0.138. The second kappa shape index (κ2) is 16.8. The molecule has 57 heavy (non-hydrogen) atoms. The van der Waals surface area contributed by atoms with Crippen molar-refractivity contribution in [2.75, 3.05) is 79.1 Å². The van der Waals surface area contributed by atoms with Crippen molar-refractivity contribution in [1.29, 1.82) is 0 Å². The number of aliphatic carboxylic acids is 1. The maximum absolute atomic E-state index is 14.3. The molecule has 4 saturated carbocycles. The van der Waals surface area contributed by atoms with E-state index in [0.717, 1.165) is 109 Å². The molecule has 4 bridgehead atoms. The van der Waals surface area contributed by atoms with Crippen molar-refractivity contribution in [1.82, 2.24) is 19.6 Å². The predicted octanol–water partition coefficient (Wildman–Crippen LogP) is 7.07. The SMILES string of the molecule is CCN(CCOC(=O)N1CCC(CCN2CCN(C)CC2)CC1)C[C@@H]1O[C@@H](C23C[C@@H]4[C@H](C)CC[C@H]4C4(C=O)CC2C=C(C(C)C)[C@]43C(=O)O)C[C@@H]1CC1CCCC1. The van der Waals surface area contributed by atoms with Gasteiger partial charge in [0.15, 0.2) is 0 Å². The van der Waals surface area contributed by atoms with Crippen LogP contribution in [0.3, 0.4) is 0 Å². The Bertz CT molecular complexity index is 1480. The van der Waals surface area contributed by atoms with E-state index in [4.69, 9.17) is 9.47 Å². The average Bonchev–Trinajstić information content (AvgIpc) is 4.03. The Labute approximate surface area is 343 Å². The molecule has 3 saturated heterocycles. The monoisotopic (exact) mass is 793 g/mol. The van der Waals surface area contributed by atoms with Crippen LogP contribution in [-0.2, 0) is 19.1 Å². The number of aldehydes is 1. The lowest BCUT2D eigenvalue weighted by Gasteiger charge is -2.60.